The molecule has 0 saturated carbocycles. The molecule has 0 aliphatic carbocycles. The predicted molar refractivity (Wildman–Crippen MR) is 93.1 cm³/mol. The Morgan fingerprint density at radius 2 is 2.00 bits per heavy atom. The maximum Gasteiger partial charge on any atom is 0.416 e. The number of rotatable bonds is 5. The van der Waals surface area contributed by atoms with Crippen LogP contribution in [0.2, 0.25) is 0 Å². The lowest BCUT2D eigenvalue weighted by atomic mass is 9.88. The molecule has 0 aromatic heterocycles. The summed E-state index contributed by atoms with van der Waals surface area (Å²) in [4.78, 5) is 2.00. The van der Waals surface area contributed by atoms with E-state index in [2.05, 4.69) is 6.92 Å². The highest BCUT2D eigenvalue weighted by molar-refractivity contribution is 5.85. The molecule has 1 aliphatic rings. The first-order valence-electron chi connectivity index (χ1n) is 8.12. The number of methoxy groups -OCH3 is 1. The molecule has 3 nitrogen and oxygen atoms in total. The van der Waals surface area contributed by atoms with Crippen molar-refractivity contribution in [2.45, 2.75) is 44.8 Å². The highest BCUT2D eigenvalue weighted by Crippen LogP contribution is 2.36. The third-order valence-corrected chi connectivity index (χ3v) is 4.54. The molecule has 0 radical (unpaired) electrons. The van der Waals surface area contributed by atoms with Gasteiger partial charge in [0.15, 0.2) is 0 Å². The fraction of sp³-hybridized carbons (Fsp3) is 0.647. The second-order valence-corrected chi connectivity index (χ2v) is 6.22. The van der Waals surface area contributed by atoms with Crippen molar-refractivity contribution in [2.24, 2.45) is 11.7 Å². The summed E-state index contributed by atoms with van der Waals surface area (Å²) in [7, 11) is 1.38. The Morgan fingerprint density at radius 3 is 2.58 bits per heavy atom. The first-order chi connectivity index (χ1) is 10.8. The van der Waals surface area contributed by atoms with Crippen molar-refractivity contribution in [3.63, 3.8) is 0 Å². The lowest BCUT2D eigenvalue weighted by Gasteiger charge is -2.38. The monoisotopic (exact) mass is 366 g/mol. The second kappa shape index (κ2) is 8.81. The Bertz CT molecular complexity index is 525. The Labute approximate surface area is 147 Å². The number of anilines is 1. The largest absolute Gasteiger partial charge is 0.497 e. The van der Waals surface area contributed by atoms with Crippen LogP contribution in [0, 0.1) is 5.92 Å². The van der Waals surface area contributed by atoms with Crippen LogP contribution in [-0.4, -0.2) is 26.2 Å². The highest BCUT2D eigenvalue weighted by Gasteiger charge is 2.33. The molecule has 1 saturated heterocycles. The summed E-state index contributed by atoms with van der Waals surface area (Å²) in [5.41, 5.74) is 6.07. The lowest BCUT2D eigenvalue weighted by Crippen LogP contribution is -2.47. The molecule has 0 spiro atoms. The molecule has 1 fully saturated rings. The van der Waals surface area contributed by atoms with Crippen molar-refractivity contribution in [1.29, 1.82) is 0 Å². The standard InChI is InChI=1S/C17H25F3N2O.ClH/c1-3-4-5-12-11-22(7-6-16(12)21)14-8-13(17(18,19)20)9-15(10-14)23-2;/h8-10,12,16H,3-7,11,21H2,1-2H3;1H. The fourth-order valence-corrected chi connectivity index (χ4v) is 3.10. The van der Waals surface area contributed by atoms with Gasteiger partial charge in [-0.1, -0.05) is 19.8 Å². The fourth-order valence-electron chi connectivity index (χ4n) is 3.10. The first kappa shape index (κ1) is 20.9. The van der Waals surface area contributed by atoms with Crippen molar-refractivity contribution in [2.75, 3.05) is 25.1 Å². The Hall–Kier alpha value is -1.14. The molecular formula is C17H26ClF3N2O. The minimum absolute atomic E-state index is 0. The summed E-state index contributed by atoms with van der Waals surface area (Å²) < 4.78 is 44.2. The Kier molecular flexibility index (Phi) is 7.67. The second-order valence-electron chi connectivity index (χ2n) is 6.22. The Morgan fingerprint density at radius 1 is 1.29 bits per heavy atom. The number of piperidine rings is 1. The summed E-state index contributed by atoms with van der Waals surface area (Å²) in [5, 5.41) is 0. The number of benzene rings is 1. The predicted octanol–water partition coefficient (Wildman–Crippen LogP) is 4.48. The van der Waals surface area contributed by atoms with E-state index in [4.69, 9.17) is 10.5 Å². The van der Waals surface area contributed by atoms with Crippen molar-refractivity contribution < 1.29 is 17.9 Å². The number of nitrogens with zero attached hydrogens (tertiary/aromatic N) is 1. The van der Waals surface area contributed by atoms with Gasteiger partial charge < -0.3 is 15.4 Å². The van der Waals surface area contributed by atoms with E-state index in [1.165, 1.54) is 13.2 Å². The van der Waals surface area contributed by atoms with Gasteiger partial charge in [0.25, 0.3) is 0 Å². The molecule has 1 aromatic carbocycles. The minimum atomic E-state index is -4.38. The van der Waals surface area contributed by atoms with Gasteiger partial charge in [0.2, 0.25) is 0 Å². The maximum atomic E-state index is 13.1. The lowest BCUT2D eigenvalue weighted by molar-refractivity contribution is -0.137. The van der Waals surface area contributed by atoms with Crippen LogP contribution >= 0.6 is 12.4 Å². The molecular weight excluding hydrogens is 341 g/mol. The van der Waals surface area contributed by atoms with E-state index in [9.17, 15) is 13.2 Å². The molecule has 0 bridgehead atoms. The van der Waals surface area contributed by atoms with Crippen molar-refractivity contribution in [1.82, 2.24) is 0 Å². The van der Waals surface area contributed by atoms with E-state index in [1.807, 2.05) is 4.90 Å². The van der Waals surface area contributed by atoms with Gasteiger partial charge in [-0.25, -0.2) is 0 Å². The van der Waals surface area contributed by atoms with E-state index < -0.39 is 11.7 Å². The molecule has 0 amide bonds. The maximum absolute atomic E-state index is 13.1. The number of nitrogens with two attached hydrogens (primary N) is 1. The third kappa shape index (κ3) is 5.18. The van der Waals surface area contributed by atoms with Gasteiger partial charge in [0.1, 0.15) is 5.75 Å². The van der Waals surface area contributed by atoms with Crippen LogP contribution < -0.4 is 15.4 Å². The molecule has 138 valence electrons. The molecule has 2 unspecified atom stereocenters. The first-order valence-corrected chi connectivity index (χ1v) is 8.12. The quantitative estimate of drug-likeness (QED) is 0.835. The summed E-state index contributed by atoms with van der Waals surface area (Å²) in [6, 6.07) is 4.04. The average Bonchev–Trinajstić information content (AvgIpc) is 2.52. The van der Waals surface area contributed by atoms with Gasteiger partial charge in [-0.05, 0) is 30.9 Å². The van der Waals surface area contributed by atoms with Crippen LogP contribution in [0.25, 0.3) is 0 Å². The zero-order valence-electron chi connectivity index (χ0n) is 14.1. The van der Waals surface area contributed by atoms with E-state index in [0.717, 1.165) is 31.7 Å². The minimum Gasteiger partial charge on any atom is -0.497 e. The number of hydrogen-bond donors (Lipinski definition) is 1. The number of halogens is 4. The summed E-state index contributed by atoms with van der Waals surface area (Å²) >= 11 is 0. The molecule has 1 aliphatic heterocycles. The van der Waals surface area contributed by atoms with Gasteiger partial charge >= 0.3 is 6.18 Å². The van der Waals surface area contributed by atoms with Crippen LogP contribution in [0.15, 0.2) is 18.2 Å². The molecule has 2 rings (SSSR count). The van der Waals surface area contributed by atoms with Crippen LogP contribution in [0.1, 0.15) is 38.2 Å². The molecule has 24 heavy (non-hydrogen) atoms. The van der Waals surface area contributed by atoms with Crippen molar-refractivity contribution >= 4 is 18.1 Å². The average molecular weight is 367 g/mol. The molecule has 2 N–H and O–H groups in total. The van der Waals surface area contributed by atoms with Gasteiger partial charge in [0, 0.05) is 30.9 Å². The van der Waals surface area contributed by atoms with E-state index in [0.29, 0.717) is 24.7 Å². The van der Waals surface area contributed by atoms with Crippen molar-refractivity contribution in [3.8, 4) is 5.75 Å². The summed E-state index contributed by atoms with van der Waals surface area (Å²) in [6.45, 7) is 3.50. The molecule has 7 heteroatoms. The van der Waals surface area contributed by atoms with E-state index >= 15 is 0 Å². The van der Waals surface area contributed by atoms with Crippen LogP contribution in [0.5, 0.6) is 5.75 Å². The zero-order valence-corrected chi connectivity index (χ0v) is 14.9. The SMILES string of the molecule is CCCCC1CN(c2cc(OC)cc(C(F)(F)F)c2)CCC1N.Cl. The normalized spacial score (nSPS) is 21.3. The zero-order chi connectivity index (χ0) is 17.0. The van der Waals surface area contributed by atoms with E-state index in [-0.39, 0.29) is 24.2 Å². The summed E-state index contributed by atoms with van der Waals surface area (Å²) in [5.74, 6) is 0.555. The number of unbranched alkanes of at least 4 members (excludes halogenated alkanes) is 1. The molecule has 1 aromatic rings. The topological polar surface area (TPSA) is 38.5 Å². The molecule has 2 atom stereocenters. The number of hydrogen-bond acceptors (Lipinski definition) is 3. The van der Waals surface area contributed by atoms with Gasteiger partial charge in [-0.15, -0.1) is 12.4 Å². The third-order valence-electron chi connectivity index (χ3n) is 4.54. The Balaban J connectivity index is 0.00000288. The summed E-state index contributed by atoms with van der Waals surface area (Å²) in [6.07, 6.45) is -0.368. The van der Waals surface area contributed by atoms with E-state index in [1.54, 1.807) is 6.07 Å². The van der Waals surface area contributed by atoms with Crippen LogP contribution in [0.4, 0.5) is 18.9 Å². The van der Waals surface area contributed by atoms with Crippen LogP contribution in [0.3, 0.4) is 0 Å². The smallest absolute Gasteiger partial charge is 0.416 e. The van der Waals surface area contributed by atoms with Crippen LogP contribution in [-0.2, 0) is 6.18 Å². The molecule has 1 heterocycles. The van der Waals surface area contributed by atoms with Gasteiger partial charge in [0.05, 0.1) is 12.7 Å². The number of alkyl halides is 3. The van der Waals surface area contributed by atoms with Gasteiger partial charge in [-0.3, -0.25) is 0 Å². The number of ether oxygens (including phenoxy) is 1. The van der Waals surface area contributed by atoms with Crippen molar-refractivity contribution in [3.05, 3.63) is 23.8 Å². The highest BCUT2D eigenvalue weighted by atomic mass is 35.5. The van der Waals surface area contributed by atoms with Gasteiger partial charge in [-0.2, -0.15) is 13.2 Å².